The third kappa shape index (κ3) is 4.50. The number of piperidine rings is 1. The van der Waals surface area contributed by atoms with Crippen LogP contribution in [0.25, 0.3) is 0 Å². The van der Waals surface area contributed by atoms with Crippen molar-refractivity contribution < 1.29 is 18.8 Å². The minimum Gasteiger partial charge on any atom is -0.493 e. The number of ether oxygens (including phenoxy) is 1. The maximum atomic E-state index is 12.9. The summed E-state index contributed by atoms with van der Waals surface area (Å²) < 4.78 is 10.9. The van der Waals surface area contributed by atoms with Gasteiger partial charge < -0.3 is 19.5 Å². The van der Waals surface area contributed by atoms with Crippen LogP contribution in [0.4, 0.5) is 0 Å². The lowest BCUT2D eigenvalue weighted by Crippen LogP contribution is -2.51. The fraction of sp³-hybridized carbons (Fsp3) is 0.522. The number of nitrogens with zero attached hydrogens (tertiary/aromatic N) is 2. The van der Waals surface area contributed by atoms with E-state index in [0.29, 0.717) is 49.0 Å². The number of fused-ring (bicyclic) bond motifs is 1. The highest BCUT2D eigenvalue weighted by molar-refractivity contribution is 5.97. The molecule has 0 aliphatic carbocycles. The molecule has 1 N–H and O–H groups in total. The van der Waals surface area contributed by atoms with E-state index in [-0.39, 0.29) is 17.2 Å². The Balaban J connectivity index is 1.52. The third-order valence-corrected chi connectivity index (χ3v) is 6.16. The van der Waals surface area contributed by atoms with E-state index in [1.807, 2.05) is 23.1 Å². The topological polar surface area (TPSA) is 84.7 Å². The van der Waals surface area contributed by atoms with Crippen molar-refractivity contribution in [1.82, 2.24) is 15.4 Å². The number of aryl methyl sites for hydroxylation is 1. The van der Waals surface area contributed by atoms with Gasteiger partial charge in [0.25, 0.3) is 11.8 Å². The largest absolute Gasteiger partial charge is 0.493 e. The summed E-state index contributed by atoms with van der Waals surface area (Å²) in [6.45, 7) is 4.26. The molecule has 0 radical (unpaired) electrons. The molecule has 160 valence electrons. The highest BCUT2D eigenvalue weighted by Crippen LogP contribution is 2.36. The molecule has 0 saturated carbocycles. The number of aromatic nitrogens is 1. The van der Waals surface area contributed by atoms with E-state index in [1.165, 1.54) is 0 Å². The average molecular weight is 412 g/mol. The number of hydrogen-bond acceptors (Lipinski definition) is 5. The highest BCUT2D eigenvalue weighted by Gasteiger charge is 2.38. The first-order chi connectivity index (χ1) is 14.6. The minimum absolute atomic E-state index is 0.0953. The van der Waals surface area contributed by atoms with Crippen molar-refractivity contribution >= 4 is 11.8 Å². The molecule has 1 aromatic carbocycles. The van der Waals surface area contributed by atoms with Crippen LogP contribution < -0.4 is 10.1 Å². The minimum atomic E-state index is -0.128. The molecule has 2 amide bonds. The summed E-state index contributed by atoms with van der Waals surface area (Å²) in [5.41, 5.74) is 0.792. The third-order valence-electron chi connectivity index (χ3n) is 6.16. The Kier molecular flexibility index (Phi) is 6.06. The smallest absolute Gasteiger partial charge is 0.276 e. The Morgan fingerprint density at radius 2 is 2.00 bits per heavy atom. The van der Waals surface area contributed by atoms with Gasteiger partial charge in [0.2, 0.25) is 0 Å². The van der Waals surface area contributed by atoms with Gasteiger partial charge >= 0.3 is 0 Å². The number of amides is 2. The summed E-state index contributed by atoms with van der Waals surface area (Å²) in [6.07, 6.45) is 5.94. The van der Waals surface area contributed by atoms with Crippen LogP contribution in [0, 0.1) is 12.3 Å². The molecule has 2 aliphatic heterocycles. The molecule has 1 fully saturated rings. The van der Waals surface area contributed by atoms with Gasteiger partial charge in [-0.3, -0.25) is 9.59 Å². The maximum absolute atomic E-state index is 12.9. The number of carbonyl (C=O) groups is 2. The second kappa shape index (κ2) is 8.90. The van der Waals surface area contributed by atoms with Gasteiger partial charge in [-0.05, 0) is 44.7 Å². The first kappa shape index (κ1) is 20.4. The molecule has 4 rings (SSSR count). The van der Waals surface area contributed by atoms with Gasteiger partial charge in [0.05, 0.1) is 12.2 Å². The summed E-state index contributed by atoms with van der Waals surface area (Å²) in [4.78, 5) is 27.7. The van der Waals surface area contributed by atoms with Crippen molar-refractivity contribution in [2.75, 3.05) is 26.2 Å². The number of hydrogen-bond donors (Lipinski definition) is 1. The quantitative estimate of drug-likeness (QED) is 0.775. The Morgan fingerprint density at radius 3 is 2.83 bits per heavy atom. The number of carbonyl (C=O) groups excluding carboxylic acids is 2. The fourth-order valence-corrected chi connectivity index (χ4v) is 4.55. The average Bonchev–Trinajstić information content (AvgIpc) is 3.20. The SMILES string of the molecule is Cc1cc(C(=O)N2CCCC3(CCCCCOc4ccccc4C(=O)NC3)C2)no1. The lowest BCUT2D eigenvalue weighted by molar-refractivity contribution is 0.0460. The molecule has 1 saturated heterocycles. The highest BCUT2D eigenvalue weighted by atomic mass is 16.5. The Labute approximate surface area is 176 Å². The molecule has 3 heterocycles. The molecule has 1 atom stereocenters. The Bertz CT molecular complexity index is 909. The lowest BCUT2D eigenvalue weighted by Gasteiger charge is -2.43. The van der Waals surface area contributed by atoms with Gasteiger partial charge in [-0.2, -0.15) is 0 Å². The van der Waals surface area contributed by atoms with Crippen LogP contribution in [0.2, 0.25) is 0 Å². The normalized spacial score (nSPS) is 23.0. The van der Waals surface area contributed by atoms with Crippen LogP contribution in [0.1, 0.15) is 65.1 Å². The Morgan fingerprint density at radius 1 is 1.17 bits per heavy atom. The number of nitrogens with one attached hydrogen (secondary N) is 1. The van der Waals surface area contributed by atoms with Gasteiger partial charge in [-0.1, -0.05) is 30.1 Å². The van der Waals surface area contributed by atoms with Gasteiger partial charge in [0, 0.05) is 31.1 Å². The maximum Gasteiger partial charge on any atom is 0.276 e. The van der Waals surface area contributed by atoms with E-state index >= 15 is 0 Å². The van der Waals surface area contributed by atoms with Crippen molar-refractivity contribution in [2.45, 2.75) is 45.4 Å². The van der Waals surface area contributed by atoms with Gasteiger partial charge in [-0.15, -0.1) is 0 Å². The summed E-state index contributed by atoms with van der Waals surface area (Å²) in [6, 6.07) is 9.06. The summed E-state index contributed by atoms with van der Waals surface area (Å²) in [5.74, 6) is 1.04. The van der Waals surface area contributed by atoms with Crippen LogP contribution in [-0.4, -0.2) is 48.1 Å². The Hall–Kier alpha value is -2.83. The zero-order valence-corrected chi connectivity index (χ0v) is 17.5. The van der Waals surface area contributed by atoms with E-state index < -0.39 is 0 Å². The molecular weight excluding hydrogens is 382 g/mol. The van der Waals surface area contributed by atoms with E-state index in [9.17, 15) is 9.59 Å². The van der Waals surface area contributed by atoms with Crippen molar-refractivity contribution in [1.29, 1.82) is 0 Å². The molecule has 7 heteroatoms. The number of para-hydroxylation sites is 1. The second-order valence-electron chi connectivity index (χ2n) is 8.49. The predicted molar refractivity (Wildman–Crippen MR) is 112 cm³/mol. The molecule has 7 nitrogen and oxygen atoms in total. The second-order valence-corrected chi connectivity index (χ2v) is 8.49. The number of rotatable bonds is 1. The zero-order chi connectivity index (χ0) is 21.0. The molecule has 0 bridgehead atoms. The summed E-state index contributed by atoms with van der Waals surface area (Å²) in [5, 5.41) is 7.02. The van der Waals surface area contributed by atoms with E-state index in [0.717, 1.165) is 38.5 Å². The van der Waals surface area contributed by atoms with Gasteiger partial charge in [0.1, 0.15) is 11.5 Å². The standard InChI is InChI=1S/C23H29N3O4/c1-17-14-19(25-30-17)22(28)26-12-7-11-23(16-26)10-5-2-6-13-29-20-9-4-3-8-18(20)21(27)24-15-23/h3-4,8-9,14H,2,5-7,10-13,15-16H2,1H3,(H,24,27). The predicted octanol–water partition coefficient (Wildman–Crippen LogP) is 3.59. The monoisotopic (exact) mass is 411 g/mol. The van der Waals surface area contributed by atoms with Crippen molar-refractivity contribution in [3.63, 3.8) is 0 Å². The molecule has 2 aromatic rings. The summed E-state index contributed by atoms with van der Waals surface area (Å²) >= 11 is 0. The zero-order valence-electron chi connectivity index (χ0n) is 17.5. The molecule has 1 unspecified atom stereocenters. The van der Waals surface area contributed by atoms with Crippen LogP contribution in [-0.2, 0) is 0 Å². The van der Waals surface area contributed by atoms with E-state index in [2.05, 4.69) is 10.5 Å². The van der Waals surface area contributed by atoms with Gasteiger partial charge in [0.15, 0.2) is 5.69 Å². The fourth-order valence-electron chi connectivity index (χ4n) is 4.55. The number of likely N-dealkylation sites (tertiary alicyclic amines) is 1. The van der Waals surface area contributed by atoms with Crippen LogP contribution in [0.15, 0.2) is 34.9 Å². The van der Waals surface area contributed by atoms with E-state index in [4.69, 9.17) is 9.26 Å². The molecular formula is C23H29N3O4. The van der Waals surface area contributed by atoms with Crippen molar-refractivity contribution in [2.24, 2.45) is 5.41 Å². The first-order valence-electron chi connectivity index (χ1n) is 10.8. The molecule has 30 heavy (non-hydrogen) atoms. The first-order valence-corrected chi connectivity index (χ1v) is 10.8. The molecule has 2 aliphatic rings. The molecule has 1 spiro atoms. The van der Waals surface area contributed by atoms with Crippen molar-refractivity contribution in [3.05, 3.63) is 47.3 Å². The van der Waals surface area contributed by atoms with E-state index in [1.54, 1.807) is 19.1 Å². The number of benzene rings is 1. The summed E-state index contributed by atoms with van der Waals surface area (Å²) in [7, 11) is 0. The van der Waals surface area contributed by atoms with Gasteiger partial charge in [-0.25, -0.2) is 0 Å². The van der Waals surface area contributed by atoms with Crippen molar-refractivity contribution in [3.8, 4) is 5.75 Å². The van der Waals surface area contributed by atoms with Crippen LogP contribution in [0.5, 0.6) is 5.75 Å². The van der Waals surface area contributed by atoms with Crippen LogP contribution in [0.3, 0.4) is 0 Å². The molecule has 1 aromatic heterocycles. The lowest BCUT2D eigenvalue weighted by atomic mass is 9.75. The van der Waals surface area contributed by atoms with Crippen LogP contribution >= 0.6 is 0 Å².